The van der Waals surface area contributed by atoms with Crippen molar-refractivity contribution in [3.8, 4) is 5.75 Å². The van der Waals surface area contributed by atoms with Crippen molar-refractivity contribution in [3.63, 3.8) is 0 Å². The quantitative estimate of drug-likeness (QED) is 0.653. The molecule has 0 aliphatic rings. The lowest BCUT2D eigenvalue weighted by Gasteiger charge is -2.14. The van der Waals surface area contributed by atoms with Crippen LogP contribution in [0.3, 0.4) is 0 Å². The van der Waals surface area contributed by atoms with Crippen molar-refractivity contribution < 1.29 is 19.1 Å². The number of benzene rings is 2. The van der Waals surface area contributed by atoms with Crippen LogP contribution >= 0.6 is 39.1 Å². The molecule has 0 fully saturated rings. The van der Waals surface area contributed by atoms with Gasteiger partial charge in [-0.2, -0.15) is 0 Å². The third-order valence-corrected chi connectivity index (χ3v) is 3.94. The molecule has 0 saturated carbocycles. The molecule has 0 radical (unpaired) electrons. The lowest BCUT2D eigenvalue weighted by Crippen LogP contribution is -2.31. The molecule has 8 heteroatoms. The van der Waals surface area contributed by atoms with E-state index >= 15 is 0 Å². The van der Waals surface area contributed by atoms with Gasteiger partial charge >= 0.3 is 5.97 Å². The van der Waals surface area contributed by atoms with Gasteiger partial charge in [-0.25, -0.2) is 4.79 Å². The van der Waals surface area contributed by atoms with Crippen molar-refractivity contribution in [2.24, 2.45) is 0 Å². The van der Waals surface area contributed by atoms with Gasteiger partial charge < -0.3 is 14.8 Å². The molecule has 1 amide bonds. The zero-order valence-corrected chi connectivity index (χ0v) is 16.2. The molecule has 25 heavy (non-hydrogen) atoms. The lowest BCUT2D eigenvalue weighted by molar-refractivity contribution is -0.155. The van der Waals surface area contributed by atoms with Crippen molar-refractivity contribution in [3.05, 3.63) is 57.0 Å². The maximum atomic E-state index is 12.1. The standard InChI is InChI=1S/C17H14BrCl2NO4/c1-10(17(23)21-14-7-12(19)6-13(20)8-14)25-16(22)9-24-15-4-2-11(18)3-5-15/h2-8,10H,9H2,1H3,(H,21,23). The third kappa shape index (κ3) is 6.57. The molecule has 5 nitrogen and oxygen atoms in total. The van der Waals surface area contributed by atoms with Crippen LogP contribution in [0, 0.1) is 0 Å². The van der Waals surface area contributed by atoms with Crippen LogP contribution in [0.15, 0.2) is 46.9 Å². The molecule has 2 aromatic carbocycles. The monoisotopic (exact) mass is 445 g/mol. The summed E-state index contributed by atoms with van der Waals surface area (Å²) in [7, 11) is 0. The Balaban J connectivity index is 1.83. The van der Waals surface area contributed by atoms with Crippen LogP contribution in [0.4, 0.5) is 5.69 Å². The molecule has 0 aromatic heterocycles. The van der Waals surface area contributed by atoms with Crippen molar-refractivity contribution in [2.45, 2.75) is 13.0 Å². The van der Waals surface area contributed by atoms with Crippen LogP contribution in [-0.2, 0) is 14.3 Å². The van der Waals surface area contributed by atoms with Crippen LogP contribution in [0.1, 0.15) is 6.92 Å². The molecule has 0 aliphatic heterocycles. The van der Waals surface area contributed by atoms with Gasteiger partial charge in [0.2, 0.25) is 0 Å². The summed E-state index contributed by atoms with van der Waals surface area (Å²) in [6.07, 6.45) is -1.00. The normalized spacial score (nSPS) is 11.5. The van der Waals surface area contributed by atoms with Gasteiger partial charge in [-0.15, -0.1) is 0 Å². The molecule has 0 heterocycles. The first-order chi connectivity index (χ1) is 11.8. The number of esters is 1. The summed E-state index contributed by atoms with van der Waals surface area (Å²) < 4.78 is 11.2. The second-order valence-corrected chi connectivity index (χ2v) is 6.81. The molecule has 1 atom stereocenters. The number of carbonyl (C=O) groups excluding carboxylic acids is 2. The number of halogens is 3. The number of hydrogen-bond acceptors (Lipinski definition) is 4. The fraction of sp³-hybridized carbons (Fsp3) is 0.176. The van der Waals surface area contributed by atoms with Gasteiger partial charge in [-0.1, -0.05) is 39.1 Å². The van der Waals surface area contributed by atoms with Crippen molar-refractivity contribution in [1.82, 2.24) is 0 Å². The maximum absolute atomic E-state index is 12.1. The Morgan fingerprint density at radius 3 is 2.32 bits per heavy atom. The van der Waals surface area contributed by atoms with E-state index in [1.54, 1.807) is 30.3 Å². The van der Waals surface area contributed by atoms with Crippen molar-refractivity contribution in [1.29, 1.82) is 0 Å². The first kappa shape index (κ1) is 19.6. The van der Waals surface area contributed by atoms with Crippen molar-refractivity contribution >= 4 is 56.7 Å². The highest BCUT2D eigenvalue weighted by atomic mass is 79.9. The second-order valence-electron chi connectivity index (χ2n) is 5.02. The molecule has 1 unspecified atom stereocenters. The Kier molecular flexibility index (Phi) is 7.11. The van der Waals surface area contributed by atoms with E-state index in [0.29, 0.717) is 21.5 Å². The van der Waals surface area contributed by atoms with Gasteiger partial charge in [0, 0.05) is 20.2 Å². The Hall–Kier alpha value is -1.76. The summed E-state index contributed by atoms with van der Waals surface area (Å²) in [5.41, 5.74) is 0.413. The maximum Gasteiger partial charge on any atom is 0.344 e. The average molecular weight is 447 g/mol. The van der Waals surface area contributed by atoms with Crippen molar-refractivity contribution in [2.75, 3.05) is 11.9 Å². The largest absolute Gasteiger partial charge is 0.482 e. The predicted octanol–water partition coefficient (Wildman–Crippen LogP) is 4.71. The lowest BCUT2D eigenvalue weighted by atomic mass is 10.3. The van der Waals surface area contributed by atoms with E-state index in [9.17, 15) is 9.59 Å². The van der Waals surface area contributed by atoms with Crippen LogP contribution in [0.25, 0.3) is 0 Å². The Morgan fingerprint density at radius 1 is 1.12 bits per heavy atom. The minimum Gasteiger partial charge on any atom is -0.482 e. The summed E-state index contributed by atoms with van der Waals surface area (Å²) in [6.45, 7) is 1.15. The summed E-state index contributed by atoms with van der Waals surface area (Å²) in [6, 6.07) is 11.6. The van der Waals surface area contributed by atoms with Crippen LogP contribution < -0.4 is 10.1 Å². The zero-order valence-electron chi connectivity index (χ0n) is 13.1. The molecule has 2 rings (SSSR count). The highest BCUT2D eigenvalue weighted by molar-refractivity contribution is 9.10. The molecule has 0 spiro atoms. The number of amides is 1. The fourth-order valence-corrected chi connectivity index (χ4v) is 2.62. The Morgan fingerprint density at radius 2 is 1.72 bits per heavy atom. The number of anilines is 1. The third-order valence-electron chi connectivity index (χ3n) is 2.98. The number of carbonyl (C=O) groups is 2. The molecular formula is C17H14BrCl2NO4. The van der Waals surface area contributed by atoms with E-state index in [0.717, 1.165) is 4.47 Å². The summed E-state index contributed by atoms with van der Waals surface area (Å²) in [4.78, 5) is 23.8. The average Bonchev–Trinajstić information content (AvgIpc) is 2.53. The van der Waals surface area contributed by atoms with Gasteiger partial charge in [0.1, 0.15) is 5.75 Å². The molecule has 0 saturated heterocycles. The van der Waals surface area contributed by atoms with E-state index in [2.05, 4.69) is 21.2 Å². The number of hydrogen-bond donors (Lipinski definition) is 1. The van der Waals surface area contributed by atoms with Crippen LogP contribution in [0.5, 0.6) is 5.75 Å². The highest BCUT2D eigenvalue weighted by Gasteiger charge is 2.18. The predicted molar refractivity (Wildman–Crippen MR) is 100 cm³/mol. The number of nitrogens with one attached hydrogen (secondary N) is 1. The van der Waals surface area contributed by atoms with Gasteiger partial charge in [0.05, 0.1) is 0 Å². The summed E-state index contributed by atoms with van der Waals surface area (Å²) in [5, 5.41) is 3.35. The molecule has 132 valence electrons. The first-order valence-corrected chi connectivity index (χ1v) is 8.73. The molecule has 1 N–H and O–H groups in total. The van der Waals surface area contributed by atoms with E-state index < -0.39 is 18.0 Å². The van der Waals surface area contributed by atoms with E-state index in [1.165, 1.54) is 19.1 Å². The van der Waals surface area contributed by atoms with Gasteiger partial charge in [-0.3, -0.25) is 4.79 Å². The summed E-state index contributed by atoms with van der Waals surface area (Å²) >= 11 is 15.0. The molecule has 2 aromatic rings. The minimum absolute atomic E-state index is 0.303. The molecule has 0 bridgehead atoms. The van der Waals surface area contributed by atoms with E-state index in [-0.39, 0.29) is 6.61 Å². The smallest absolute Gasteiger partial charge is 0.344 e. The van der Waals surface area contributed by atoms with Gasteiger partial charge in [0.15, 0.2) is 12.7 Å². The van der Waals surface area contributed by atoms with Gasteiger partial charge in [0.25, 0.3) is 5.91 Å². The SMILES string of the molecule is CC(OC(=O)COc1ccc(Br)cc1)C(=O)Nc1cc(Cl)cc(Cl)c1. The van der Waals surface area contributed by atoms with Crippen LogP contribution in [-0.4, -0.2) is 24.6 Å². The second kappa shape index (κ2) is 9.08. The number of rotatable bonds is 6. The topological polar surface area (TPSA) is 64.6 Å². The first-order valence-electron chi connectivity index (χ1n) is 7.18. The van der Waals surface area contributed by atoms with Gasteiger partial charge in [-0.05, 0) is 49.4 Å². The molecular weight excluding hydrogens is 433 g/mol. The molecule has 0 aliphatic carbocycles. The van der Waals surface area contributed by atoms with Crippen LogP contribution in [0.2, 0.25) is 10.0 Å². The van der Waals surface area contributed by atoms with E-state index in [1.807, 2.05) is 0 Å². The Bertz CT molecular complexity index is 747. The number of ether oxygens (including phenoxy) is 2. The Labute approximate surface area is 163 Å². The fourth-order valence-electron chi connectivity index (χ4n) is 1.83. The minimum atomic E-state index is -1.00. The van der Waals surface area contributed by atoms with E-state index in [4.69, 9.17) is 32.7 Å². The zero-order chi connectivity index (χ0) is 18.4. The summed E-state index contributed by atoms with van der Waals surface area (Å²) in [5.74, 6) is -0.643. The highest BCUT2D eigenvalue weighted by Crippen LogP contribution is 2.22.